The van der Waals surface area contributed by atoms with E-state index < -0.39 is 0 Å². The van der Waals surface area contributed by atoms with Crippen molar-refractivity contribution in [2.75, 3.05) is 19.8 Å². The van der Waals surface area contributed by atoms with E-state index in [0.29, 0.717) is 29.8 Å². The Balaban J connectivity index is 1.62. The lowest BCUT2D eigenvalue weighted by atomic mass is 10.0. The monoisotopic (exact) mass is 401 g/mol. The van der Waals surface area contributed by atoms with Gasteiger partial charge in [0.15, 0.2) is 6.61 Å². The minimum atomic E-state index is -0.0432. The van der Waals surface area contributed by atoms with Gasteiger partial charge >= 0.3 is 0 Å². The third-order valence-electron chi connectivity index (χ3n) is 5.00. The molecule has 1 aliphatic rings. The molecule has 2 aromatic carbocycles. The molecule has 1 aliphatic heterocycles. The average molecular weight is 402 g/mol. The lowest BCUT2D eigenvalue weighted by molar-refractivity contribution is -0.135. The second-order valence-electron chi connectivity index (χ2n) is 7.55. The molecular weight excluding hydrogens is 374 g/mol. The van der Waals surface area contributed by atoms with Crippen molar-refractivity contribution in [1.82, 2.24) is 4.90 Å². The maximum atomic E-state index is 12.9. The van der Waals surface area contributed by atoms with Crippen molar-refractivity contribution >= 4 is 17.5 Å². The standard InChI is InChI=1S/C23H28ClNO3/c1-17(2)19-7-11-21(12-8-19)28-16-23(26)25(15-22-4-3-13-27-22)14-18-5-9-20(24)10-6-18/h5-12,17,22H,3-4,13-16H2,1-2H3/t22-/m0/s1. The van der Waals surface area contributed by atoms with Crippen molar-refractivity contribution in [2.45, 2.75) is 45.3 Å². The van der Waals surface area contributed by atoms with Crippen LogP contribution in [0.4, 0.5) is 0 Å². The van der Waals surface area contributed by atoms with Gasteiger partial charge in [-0.2, -0.15) is 0 Å². The summed E-state index contributed by atoms with van der Waals surface area (Å²) in [6.45, 7) is 6.19. The molecule has 0 bridgehead atoms. The highest BCUT2D eigenvalue weighted by Gasteiger charge is 2.23. The van der Waals surface area contributed by atoms with Crippen molar-refractivity contribution in [3.8, 4) is 5.75 Å². The molecule has 5 heteroatoms. The normalized spacial score (nSPS) is 16.4. The van der Waals surface area contributed by atoms with E-state index in [1.807, 2.05) is 53.4 Å². The van der Waals surface area contributed by atoms with Gasteiger partial charge in [0.1, 0.15) is 5.75 Å². The summed E-state index contributed by atoms with van der Waals surface area (Å²) < 4.78 is 11.5. The minimum Gasteiger partial charge on any atom is -0.484 e. The van der Waals surface area contributed by atoms with Crippen molar-refractivity contribution < 1.29 is 14.3 Å². The third-order valence-corrected chi connectivity index (χ3v) is 5.25. The first-order valence-electron chi connectivity index (χ1n) is 9.88. The molecule has 0 aromatic heterocycles. The van der Waals surface area contributed by atoms with Gasteiger partial charge in [0, 0.05) is 24.7 Å². The smallest absolute Gasteiger partial charge is 0.260 e. The predicted octanol–water partition coefficient (Wildman–Crippen LogP) is 5.05. The Morgan fingerprint density at radius 1 is 1.18 bits per heavy atom. The summed E-state index contributed by atoms with van der Waals surface area (Å²) in [5.74, 6) is 1.14. The summed E-state index contributed by atoms with van der Waals surface area (Å²) in [5.41, 5.74) is 2.29. The van der Waals surface area contributed by atoms with Crippen LogP contribution in [0.2, 0.25) is 5.02 Å². The van der Waals surface area contributed by atoms with Gasteiger partial charge in [-0.15, -0.1) is 0 Å². The summed E-state index contributed by atoms with van der Waals surface area (Å²) >= 11 is 5.98. The van der Waals surface area contributed by atoms with Gasteiger partial charge in [-0.25, -0.2) is 0 Å². The van der Waals surface area contributed by atoms with Crippen LogP contribution < -0.4 is 4.74 Å². The number of rotatable bonds is 8. The van der Waals surface area contributed by atoms with Crippen LogP contribution in [0.1, 0.15) is 43.7 Å². The molecule has 4 nitrogen and oxygen atoms in total. The van der Waals surface area contributed by atoms with E-state index in [9.17, 15) is 4.79 Å². The van der Waals surface area contributed by atoms with Gasteiger partial charge in [0.2, 0.25) is 0 Å². The first-order chi connectivity index (χ1) is 13.5. The number of nitrogens with zero attached hydrogens (tertiary/aromatic N) is 1. The number of hydrogen-bond acceptors (Lipinski definition) is 3. The fourth-order valence-corrected chi connectivity index (χ4v) is 3.41. The zero-order valence-corrected chi connectivity index (χ0v) is 17.3. The Hall–Kier alpha value is -2.04. The molecular formula is C23H28ClNO3. The Labute approximate surface area is 172 Å². The molecule has 1 saturated heterocycles. The van der Waals surface area contributed by atoms with Crippen molar-refractivity contribution in [1.29, 1.82) is 0 Å². The number of amides is 1. The first-order valence-corrected chi connectivity index (χ1v) is 10.3. The summed E-state index contributed by atoms with van der Waals surface area (Å²) in [6.07, 6.45) is 2.13. The molecule has 1 atom stereocenters. The van der Waals surface area contributed by atoms with Crippen LogP contribution >= 0.6 is 11.6 Å². The highest BCUT2D eigenvalue weighted by molar-refractivity contribution is 6.30. The summed E-state index contributed by atoms with van der Waals surface area (Å²) in [7, 11) is 0. The highest BCUT2D eigenvalue weighted by atomic mass is 35.5. The number of hydrogen-bond donors (Lipinski definition) is 0. The van der Waals surface area contributed by atoms with Gasteiger partial charge in [0.25, 0.3) is 5.91 Å². The molecule has 0 unspecified atom stereocenters. The van der Waals surface area contributed by atoms with Gasteiger partial charge < -0.3 is 14.4 Å². The van der Waals surface area contributed by atoms with E-state index in [1.165, 1.54) is 5.56 Å². The van der Waals surface area contributed by atoms with E-state index >= 15 is 0 Å². The lowest BCUT2D eigenvalue weighted by Crippen LogP contribution is -2.39. The fraction of sp³-hybridized carbons (Fsp3) is 0.435. The quantitative estimate of drug-likeness (QED) is 0.621. The maximum Gasteiger partial charge on any atom is 0.260 e. The molecule has 0 radical (unpaired) electrons. The molecule has 1 fully saturated rings. The van der Waals surface area contributed by atoms with Crippen molar-refractivity contribution in [3.05, 3.63) is 64.7 Å². The van der Waals surface area contributed by atoms with Gasteiger partial charge in [-0.1, -0.05) is 49.7 Å². The lowest BCUT2D eigenvalue weighted by Gasteiger charge is -2.25. The molecule has 0 aliphatic carbocycles. The zero-order valence-electron chi connectivity index (χ0n) is 16.6. The summed E-state index contributed by atoms with van der Waals surface area (Å²) in [6, 6.07) is 15.5. The van der Waals surface area contributed by atoms with Crippen LogP contribution in [0.3, 0.4) is 0 Å². The first kappa shape index (κ1) is 20.7. The average Bonchev–Trinajstić information content (AvgIpc) is 3.20. The van der Waals surface area contributed by atoms with E-state index in [2.05, 4.69) is 13.8 Å². The van der Waals surface area contributed by atoms with E-state index in [4.69, 9.17) is 21.1 Å². The van der Waals surface area contributed by atoms with Crippen LogP contribution in [0, 0.1) is 0 Å². The van der Waals surface area contributed by atoms with Gasteiger partial charge in [-0.05, 0) is 54.2 Å². The maximum absolute atomic E-state index is 12.9. The SMILES string of the molecule is CC(C)c1ccc(OCC(=O)N(Cc2ccc(Cl)cc2)C[C@@H]2CCCO2)cc1. The number of ether oxygens (including phenoxy) is 2. The van der Waals surface area contributed by atoms with Crippen LogP contribution in [0.5, 0.6) is 5.75 Å². The van der Waals surface area contributed by atoms with E-state index in [1.54, 1.807) is 0 Å². The summed E-state index contributed by atoms with van der Waals surface area (Å²) in [5, 5.41) is 0.689. The van der Waals surface area contributed by atoms with Crippen LogP contribution in [0.25, 0.3) is 0 Å². The highest BCUT2D eigenvalue weighted by Crippen LogP contribution is 2.20. The van der Waals surface area contributed by atoms with Gasteiger partial charge in [-0.3, -0.25) is 4.79 Å². The van der Waals surface area contributed by atoms with Gasteiger partial charge in [0.05, 0.1) is 6.10 Å². The second kappa shape index (κ2) is 9.94. The zero-order chi connectivity index (χ0) is 19.9. The number of halogens is 1. The predicted molar refractivity (Wildman–Crippen MR) is 112 cm³/mol. The molecule has 0 saturated carbocycles. The third kappa shape index (κ3) is 5.98. The largest absolute Gasteiger partial charge is 0.484 e. The topological polar surface area (TPSA) is 38.8 Å². The van der Waals surface area contributed by atoms with Crippen LogP contribution in [-0.2, 0) is 16.1 Å². The molecule has 1 amide bonds. The second-order valence-corrected chi connectivity index (χ2v) is 7.98. The van der Waals surface area contributed by atoms with E-state index in [-0.39, 0.29) is 18.6 Å². The summed E-state index contributed by atoms with van der Waals surface area (Å²) in [4.78, 5) is 14.7. The molecule has 1 heterocycles. The Morgan fingerprint density at radius 3 is 2.50 bits per heavy atom. The number of carbonyl (C=O) groups is 1. The Bertz CT molecular complexity index is 752. The number of benzene rings is 2. The molecule has 150 valence electrons. The Kier molecular flexibility index (Phi) is 7.35. The van der Waals surface area contributed by atoms with Crippen LogP contribution in [0.15, 0.2) is 48.5 Å². The fourth-order valence-electron chi connectivity index (χ4n) is 3.28. The number of carbonyl (C=O) groups excluding carboxylic acids is 1. The van der Waals surface area contributed by atoms with Crippen molar-refractivity contribution in [3.63, 3.8) is 0 Å². The van der Waals surface area contributed by atoms with Crippen LogP contribution in [-0.4, -0.2) is 36.7 Å². The Morgan fingerprint density at radius 2 is 1.89 bits per heavy atom. The van der Waals surface area contributed by atoms with E-state index in [0.717, 1.165) is 25.0 Å². The molecule has 0 spiro atoms. The molecule has 2 aromatic rings. The molecule has 28 heavy (non-hydrogen) atoms. The molecule has 3 rings (SSSR count). The minimum absolute atomic E-state index is 0.0152. The van der Waals surface area contributed by atoms with Crippen molar-refractivity contribution in [2.24, 2.45) is 0 Å². The molecule has 0 N–H and O–H groups in total.